The molecule has 2 rings (SSSR count). The molecule has 0 aromatic heterocycles. The highest BCUT2D eigenvalue weighted by atomic mass is 19.1. The van der Waals surface area contributed by atoms with Gasteiger partial charge in [-0.25, -0.2) is 8.78 Å². The van der Waals surface area contributed by atoms with Crippen LogP contribution in [0.5, 0.6) is 0 Å². The summed E-state index contributed by atoms with van der Waals surface area (Å²) in [6.07, 6.45) is 0. The van der Waals surface area contributed by atoms with Crippen molar-refractivity contribution in [2.75, 3.05) is 11.9 Å². The fourth-order valence-corrected chi connectivity index (χ4v) is 1.71. The largest absolute Gasteiger partial charge is 0.325 e. The molecule has 3 nitrogen and oxygen atoms in total. The van der Waals surface area contributed by atoms with Gasteiger partial charge >= 0.3 is 0 Å². The van der Waals surface area contributed by atoms with Crippen LogP contribution in [-0.2, 0) is 11.3 Å². The van der Waals surface area contributed by atoms with Crippen LogP contribution in [0.4, 0.5) is 14.5 Å². The molecule has 104 valence electrons. The van der Waals surface area contributed by atoms with E-state index in [0.29, 0.717) is 12.2 Å². The van der Waals surface area contributed by atoms with Crippen LogP contribution in [0.3, 0.4) is 0 Å². The molecule has 0 saturated heterocycles. The maximum atomic E-state index is 12.9. The van der Waals surface area contributed by atoms with E-state index < -0.39 is 0 Å². The van der Waals surface area contributed by atoms with E-state index in [-0.39, 0.29) is 24.1 Å². The molecule has 0 spiro atoms. The molecule has 2 aromatic rings. The van der Waals surface area contributed by atoms with Gasteiger partial charge in [0.15, 0.2) is 0 Å². The van der Waals surface area contributed by atoms with Gasteiger partial charge in [0.05, 0.1) is 6.54 Å². The minimum absolute atomic E-state index is 0.0912. The van der Waals surface area contributed by atoms with E-state index >= 15 is 0 Å². The van der Waals surface area contributed by atoms with Gasteiger partial charge in [0, 0.05) is 12.2 Å². The molecule has 0 bridgehead atoms. The lowest BCUT2D eigenvalue weighted by Crippen LogP contribution is -2.27. The number of nitrogens with one attached hydrogen (secondary N) is 2. The number of hydrogen-bond donors (Lipinski definition) is 2. The zero-order valence-corrected chi connectivity index (χ0v) is 10.7. The normalized spacial score (nSPS) is 10.3. The Morgan fingerprint density at radius 2 is 1.75 bits per heavy atom. The number of carbonyl (C=O) groups is 1. The highest BCUT2D eigenvalue weighted by Gasteiger charge is 2.02. The summed E-state index contributed by atoms with van der Waals surface area (Å²) in [7, 11) is 0. The van der Waals surface area contributed by atoms with Crippen molar-refractivity contribution in [2.24, 2.45) is 0 Å². The molecule has 2 N–H and O–H groups in total. The predicted molar refractivity (Wildman–Crippen MR) is 73.1 cm³/mol. The zero-order valence-electron chi connectivity index (χ0n) is 10.7. The van der Waals surface area contributed by atoms with Crippen molar-refractivity contribution in [1.29, 1.82) is 0 Å². The van der Waals surface area contributed by atoms with Crippen LogP contribution in [0.25, 0.3) is 0 Å². The second kappa shape index (κ2) is 6.77. The molecule has 1 amide bonds. The minimum atomic E-state index is -0.354. The first kappa shape index (κ1) is 14.1. The van der Waals surface area contributed by atoms with Crippen molar-refractivity contribution in [3.05, 3.63) is 65.7 Å². The van der Waals surface area contributed by atoms with Crippen molar-refractivity contribution in [3.63, 3.8) is 0 Å². The van der Waals surface area contributed by atoms with Gasteiger partial charge < -0.3 is 10.6 Å². The molecule has 0 aliphatic heterocycles. The van der Waals surface area contributed by atoms with Gasteiger partial charge in [-0.3, -0.25) is 4.79 Å². The Morgan fingerprint density at radius 1 is 1.00 bits per heavy atom. The van der Waals surface area contributed by atoms with Gasteiger partial charge in [-0.1, -0.05) is 12.1 Å². The first-order valence-electron chi connectivity index (χ1n) is 6.14. The van der Waals surface area contributed by atoms with Crippen molar-refractivity contribution < 1.29 is 13.6 Å². The number of amides is 1. The maximum Gasteiger partial charge on any atom is 0.238 e. The van der Waals surface area contributed by atoms with Gasteiger partial charge in [0.25, 0.3) is 0 Å². The fourth-order valence-electron chi connectivity index (χ4n) is 1.71. The predicted octanol–water partition coefficient (Wildman–Crippen LogP) is 2.69. The molecule has 5 heteroatoms. The summed E-state index contributed by atoms with van der Waals surface area (Å²) in [5.74, 6) is -0.902. The molecular weight excluding hydrogens is 262 g/mol. The van der Waals surface area contributed by atoms with Crippen LogP contribution >= 0.6 is 0 Å². The number of benzene rings is 2. The molecule has 0 radical (unpaired) electrons. The third-order valence-corrected chi connectivity index (χ3v) is 2.63. The smallest absolute Gasteiger partial charge is 0.238 e. The Bertz CT molecular complexity index is 585. The second-order valence-corrected chi connectivity index (χ2v) is 4.29. The van der Waals surface area contributed by atoms with Gasteiger partial charge in [-0.2, -0.15) is 0 Å². The Labute approximate surface area is 115 Å². The molecule has 0 fully saturated rings. The lowest BCUT2D eigenvalue weighted by Gasteiger charge is -2.07. The monoisotopic (exact) mass is 276 g/mol. The van der Waals surface area contributed by atoms with Gasteiger partial charge in [-0.15, -0.1) is 0 Å². The molecule has 0 aliphatic rings. The van der Waals surface area contributed by atoms with E-state index in [9.17, 15) is 13.6 Å². The summed E-state index contributed by atoms with van der Waals surface area (Å²) in [5.41, 5.74) is 1.29. The van der Waals surface area contributed by atoms with Crippen molar-refractivity contribution in [1.82, 2.24) is 5.32 Å². The zero-order chi connectivity index (χ0) is 14.4. The van der Waals surface area contributed by atoms with E-state index in [1.165, 1.54) is 36.4 Å². The first-order chi connectivity index (χ1) is 9.63. The molecular formula is C15H14F2N2O. The van der Waals surface area contributed by atoms with Gasteiger partial charge in [0.2, 0.25) is 5.91 Å². The van der Waals surface area contributed by atoms with Crippen LogP contribution in [-0.4, -0.2) is 12.5 Å². The van der Waals surface area contributed by atoms with E-state index in [1.807, 2.05) is 0 Å². The Hall–Kier alpha value is -2.27. The van der Waals surface area contributed by atoms with E-state index in [1.54, 1.807) is 12.1 Å². The van der Waals surface area contributed by atoms with E-state index in [2.05, 4.69) is 10.6 Å². The molecule has 0 aliphatic carbocycles. The third-order valence-electron chi connectivity index (χ3n) is 2.63. The summed E-state index contributed by atoms with van der Waals surface area (Å²) in [5, 5.41) is 5.53. The highest BCUT2D eigenvalue weighted by molar-refractivity contribution is 5.92. The summed E-state index contributed by atoms with van der Waals surface area (Å²) >= 11 is 0. The number of rotatable bonds is 5. The standard InChI is InChI=1S/C15H14F2N2O/c16-12-4-6-14(7-5-12)19-15(20)10-18-9-11-2-1-3-13(17)8-11/h1-8,18H,9-10H2,(H,19,20). The molecule has 2 aromatic carbocycles. The quantitative estimate of drug-likeness (QED) is 0.881. The maximum absolute atomic E-state index is 12.9. The van der Waals surface area contributed by atoms with Gasteiger partial charge in [-0.05, 0) is 42.0 Å². The fraction of sp³-hybridized carbons (Fsp3) is 0.133. The van der Waals surface area contributed by atoms with Gasteiger partial charge in [0.1, 0.15) is 11.6 Å². The van der Waals surface area contributed by atoms with Crippen molar-refractivity contribution in [2.45, 2.75) is 6.54 Å². The number of carbonyl (C=O) groups excluding carboxylic acids is 1. The summed E-state index contributed by atoms with van der Waals surface area (Å²) in [4.78, 5) is 11.6. The van der Waals surface area contributed by atoms with Crippen molar-refractivity contribution in [3.8, 4) is 0 Å². The summed E-state index contributed by atoms with van der Waals surface area (Å²) in [6.45, 7) is 0.489. The highest BCUT2D eigenvalue weighted by Crippen LogP contribution is 2.07. The Morgan fingerprint density at radius 3 is 2.45 bits per heavy atom. The van der Waals surface area contributed by atoms with Crippen LogP contribution in [0.2, 0.25) is 0 Å². The summed E-state index contributed by atoms with van der Waals surface area (Å²) < 4.78 is 25.6. The molecule has 20 heavy (non-hydrogen) atoms. The molecule has 0 heterocycles. The van der Waals surface area contributed by atoms with Crippen LogP contribution in [0, 0.1) is 11.6 Å². The first-order valence-corrected chi connectivity index (χ1v) is 6.14. The summed E-state index contributed by atoms with van der Waals surface area (Å²) in [6, 6.07) is 11.7. The average Bonchev–Trinajstić information content (AvgIpc) is 2.41. The second-order valence-electron chi connectivity index (χ2n) is 4.29. The molecule has 0 unspecified atom stereocenters. The number of anilines is 1. The average molecular weight is 276 g/mol. The number of hydrogen-bond acceptors (Lipinski definition) is 2. The van der Waals surface area contributed by atoms with E-state index in [0.717, 1.165) is 5.56 Å². The SMILES string of the molecule is O=C(CNCc1cccc(F)c1)Nc1ccc(F)cc1. The Kier molecular flexibility index (Phi) is 4.79. The van der Waals surface area contributed by atoms with Crippen LogP contribution < -0.4 is 10.6 Å². The van der Waals surface area contributed by atoms with Crippen LogP contribution in [0.15, 0.2) is 48.5 Å². The topological polar surface area (TPSA) is 41.1 Å². The lowest BCUT2D eigenvalue weighted by atomic mass is 10.2. The molecule has 0 saturated carbocycles. The Balaban J connectivity index is 1.76. The van der Waals surface area contributed by atoms with E-state index in [4.69, 9.17) is 0 Å². The third kappa shape index (κ3) is 4.44. The minimum Gasteiger partial charge on any atom is -0.325 e. The van der Waals surface area contributed by atoms with Crippen LogP contribution in [0.1, 0.15) is 5.56 Å². The molecule has 0 atom stereocenters. The number of halogens is 2. The van der Waals surface area contributed by atoms with Crippen molar-refractivity contribution >= 4 is 11.6 Å². The lowest BCUT2D eigenvalue weighted by molar-refractivity contribution is -0.115.